The van der Waals surface area contributed by atoms with Crippen molar-refractivity contribution in [3.05, 3.63) is 94.2 Å². The second-order valence-corrected chi connectivity index (χ2v) is 10.0. The van der Waals surface area contributed by atoms with Crippen LogP contribution in [0.15, 0.2) is 77.3 Å². The summed E-state index contributed by atoms with van der Waals surface area (Å²) >= 11 is 3.61. The Balaban J connectivity index is 1.32. The maximum Gasteiger partial charge on any atom is 0.224 e. The van der Waals surface area contributed by atoms with Crippen molar-refractivity contribution in [2.75, 3.05) is 13.1 Å². The van der Waals surface area contributed by atoms with Crippen LogP contribution in [0, 0.1) is 12.8 Å². The summed E-state index contributed by atoms with van der Waals surface area (Å²) in [7, 11) is 0. The predicted molar refractivity (Wildman–Crippen MR) is 140 cm³/mol. The molecule has 1 aliphatic heterocycles. The molecule has 4 aromatic rings. The molecule has 34 heavy (non-hydrogen) atoms. The van der Waals surface area contributed by atoms with Gasteiger partial charge in [-0.1, -0.05) is 64.0 Å². The zero-order chi connectivity index (χ0) is 23.5. The van der Waals surface area contributed by atoms with E-state index in [0.717, 1.165) is 58.5 Å². The molecule has 1 saturated heterocycles. The average molecular weight is 517 g/mol. The molecule has 5 nitrogen and oxygen atoms in total. The van der Waals surface area contributed by atoms with Crippen LogP contribution in [-0.4, -0.2) is 33.4 Å². The van der Waals surface area contributed by atoms with E-state index in [0.29, 0.717) is 13.1 Å². The minimum atomic E-state index is 0.00209. The van der Waals surface area contributed by atoms with E-state index in [4.69, 9.17) is 4.98 Å². The predicted octanol–water partition coefficient (Wildman–Crippen LogP) is 5.62. The Kier molecular flexibility index (Phi) is 6.79. The Morgan fingerprint density at radius 1 is 1.09 bits per heavy atom. The summed E-state index contributed by atoms with van der Waals surface area (Å²) in [5.41, 5.74) is 5.53. The number of para-hydroxylation sites is 2. The number of nitrogens with one attached hydrogen (secondary N) is 1. The van der Waals surface area contributed by atoms with Crippen molar-refractivity contribution in [2.24, 2.45) is 5.92 Å². The summed E-state index contributed by atoms with van der Waals surface area (Å²) < 4.78 is 3.28. The highest BCUT2D eigenvalue weighted by molar-refractivity contribution is 9.10. The third-order valence-corrected chi connectivity index (χ3v) is 6.98. The number of amides is 1. The fourth-order valence-electron chi connectivity index (χ4n) is 4.85. The van der Waals surface area contributed by atoms with Gasteiger partial charge in [0.05, 0.1) is 23.5 Å². The molecule has 0 unspecified atom stereocenters. The van der Waals surface area contributed by atoms with Gasteiger partial charge in [-0.25, -0.2) is 4.98 Å². The summed E-state index contributed by atoms with van der Waals surface area (Å²) in [6, 6.07) is 24.9. The molecule has 6 heteroatoms. The molecule has 1 aliphatic rings. The van der Waals surface area contributed by atoms with Crippen molar-refractivity contribution in [2.45, 2.75) is 32.9 Å². The minimum Gasteiger partial charge on any atom is -0.352 e. The number of piperidine rings is 1. The van der Waals surface area contributed by atoms with E-state index in [1.54, 1.807) is 0 Å². The number of imidazole rings is 1. The van der Waals surface area contributed by atoms with E-state index >= 15 is 0 Å². The topological polar surface area (TPSA) is 50.2 Å². The van der Waals surface area contributed by atoms with Gasteiger partial charge in [0.25, 0.3) is 0 Å². The van der Waals surface area contributed by atoms with Gasteiger partial charge in [-0.3, -0.25) is 14.3 Å². The first-order chi connectivity index (χ1) is 16.6. The number of likely N-dealkylation sites (tertiary alicyclic amines) is 1. The highest BCUT2D eigenvalue weighted by atomic mass is 79.9. The lowest BCUT2D eigenvalue weighted by molar-refractivity contribution is -0.127. The van der Waals surface area contributed by atoms with Crippen molar-refractivity contribution >= 4 is 32.9 Å². The number of carbonyl (C=O) groups is 1. The Hall–Kier alpha value is -2.96. The molecular weight excluding hydrogens is 488 g/mol. The number of aryl methyl sites for hydroxylation is 1. The van der Waals surface area contributed by atoms with E-state index in [1.807, 2.05) is 24.3 Å². The number of halogens is 1. The first kappa shape index (κ1) is 22.8. The Bertz CT molecular complexity index is 1310. The monoisotopic (exact) mass is 516 g/mol. The van der Waals surface area contributed by atoms with Crippen molar-refractivity contribution in [1.82, 2.24) is 19.8 Å². The lowest BCUT2D eigenvalue weighted by Gasteiger charge is -2.31. The Morgan fingerprint density at radius 3 is 2.79 bits per heavy atom. The van der Waals surface area contributed by atoms with Gasteiger partial charge in [0.15, 0.2) is 0 Å². The van der Waals surface area contributed by atoms with Crippen molar-refractivity contribution < 1.29 is 4.79 Å². The lowest BCUT2D eigenvalue weighted by Crippen LogP contribution is -2.42. The number of fused-ring (bicyclic) bond motifs is 1. The fourth-order valence-corrected chi connectivity index (χ4v) is 5.24. The average Bonchev–Trinajstić information content (AvgIpc) is 3.20. The summed E-state index contributed by atoms with van der Waals surface area (Å²) in [5.74, 6) is 1.15. The SMILES string of the molecule is Cc1cccc(CNC(=O)[C@@H]2CCCN(Cc3nc4ccccc4n3-c3cccc(Br)c3)C2)c1. The van der Waals surface area contributed by atoms with Crippen LogP contribution in [0.25, 0.3) is 16.7 Å². The second-order valence-electron chi connectivity index (χ2n) is 9.11. The molecule has 5 rings (SSSR count). The van der Waals surface area contributed by atoms with Gasteiger partial charge < -0.3 is 5.32 Å². The number of benzene rings is 3. The van der Waals surface area contributed by atoms with E-state index in [-0.39, 0.29) is 11.8 Å². The zero-order valence-corrected chi connectivity index (χ0v) is 21.0. The van der Waals surface area contributed by atoms with Crippen LogP contribution < -0.4 is 5.32 Å². The fraction of sp³-hybridized carbons (Fsp3) is 0.286. The minimum absolute atomic E-state index is 0.00209. The maximum atomic E-state index is 13.0. The molecule has 0 bridgehead atoms. The van der Waals surface area contributed by atoms with Crippen LogP contribution in [0.1, 0.15) is 29.8 Å². The molecule has 0 saturated carbocycles. The van der Waals surface area contributed by atoms with Crippen LogP contribution in [0.4, 0.5) is 0 Å². The molecule has 0 spiro atoms. The molecule has 3 aromatic carbocycles. The van der Waals surface area contributed by atoms with Crippen LogP contribution in [0.5, 0.6) is 0 Å². The van der Waals surface area contributed by atoms with E-state index in [9.17, 15) is 4.79 Å². The van der Waals surface area contributed by atoms with Crippen LogP contribution in [-0.2, 0) is 17.9 Å². The standard InChI is InChI=1S/C28H29BrN4O/c1-20-7-4-8-21(15-20)17-30-28(34)22-9-6-14-32(18-22)19-27-31-25-12-2-3-13-26(25)33(27)24-11-5-10-23(29)16-24/h2-5,7-8,10-13,15-16,22H,6,9,14,17-19H2,1H3,(H,30,34)/t22-/m1/s1. The summed E-state index contributed by atoms with van der Waals surface area (Å²) in [6.07, 6.45) is 1.94. The molecule has 0 radical (unpaired) electrons. The van der Waals surface area contributed by atoms with Crippen LogP contribution in [0.2, 0.25) is 0 Å². The molecule has 1 atom stereocenters. The highest BCUT2D eigenvalue weighted by Gasteiger charge is 2.27. The number of nitrogens with zero attached hydrogens (tertiary/aromatic N) is 3. The molecule has 174 valence electrons. The normalized spacial score (nSPS) is 16.6. The first-order valence-electron chi connectivity index (χ1n) is 11.8. The molecule has 1 N–H and O–H groups in total. The Labute approximate surface area is 208 Å². The molecule has 1 fully saturated rings. The lowest BCUT2D eigenvalue weighted by atomic mass is 9.97. The van der Waals surface area contributed by atoms with Gasteiger partial charge in [0, 0.05) is 23.2 Å². The number of rotatable bonds is 6. The van der Waals surface area contributed by atoms with Gasteiger partial charge in [-0.15, -0.1) is 0 Å². The van der Waals surface area contributed by atoms with Gasteiger partial charge >= 0.3 is 0 Å². The van der Waals surface area contributed by atoms with Gasteiger partial charge in [-0.2, -0.15) is 0 Å². The largest absolute Gasteiger partial charge is 0.352 e. The number of hydrogen-bond acceptors (Lipinski definition) is 3. The van der Waals surface area contributed by atoms with Gasteiger partial charge in [-0.05, 0) is 62.2 Å². The maximum absolute atomic E-state index is 13.0. The first-order valence-corrected chi connectivity index (χ1v) is 12.6. The molecular formula is C28H29BrN4O. The third kappa shape index (κ3) is 5.08. The van der Waals surface area contributed by atoms with Crippen LogP contribution >= 0.6 is 15.9 Å². The van der Waals surface area contributed by atoms with E-state index < -0.39 is 0 Å². The molecule has 0 aliphatic carbocycles. The molecule has 2 heterocycles. The van der Waals surface area contributed by atoms with E-state index in [1.165, 1.54) is 5.56 Å². The highest BCUT2D eigenvalue weighted by Crippen LogP contribution is 2.26. The number of carbonyl (C=O) groups excluding carboxylic acids is 1. The van der Waals surface area contributed by atoms with Gasteiger partial charge in [0.1, 0.15) is 5.82 Å². The summed E-state index contributed by atoms with van der Waals surface area (Å²) in [4.78, 5) is 20.3. The van der Waals surface area contributed by atoms with Crippen LogP contribution in [0.3, 0.4) is 0 Å². The molecule has 1 amide bonds. The summed E-state index contributed by atoms with van der Waals surface area (Å²) in [5, 5.41) is 3.15. The number of aromatic nitrogens is 2. The Morgan fingerprint density at radius 2 is 1.94 bits per heavy atom. The van der Waals surface area contributed by atoms with Crippen molar-refractivity contribution in [1.29, 1.82) is 0 Å². The summed E-state index contributed by atoms with van der Waals surface area (Å²) in [6.45, 7) is 5.09. The molecule has 1 aromatic heterocycles. The van der Waals surface area contributed by atoms with Gasteiger partial charge in [0.2, 0.25) is 5.91 Å². The van der Waals surface area contributed by atoms with Crippen molar-refractivity contribution in [3.8, 4) is 5.69 Å². The van der Waals surface area contributed by atoms with E-state index in [2.05, 4.69) is 86.2 Å². The van der Waals surface area contributed by atoms with Crippen molar-refractivity contribution in [3.63, 3.8) is 0 Å². The quantitative estimate of drug-likeness (QED) is 0.361. The zero-order valence-electron chi connectivity index (χ0n) is 19.4. The second kappa shape index (κ2) is 10.1. The third-order valence-electron chi connectivity index (χ3n) is 6.49. The number of hydrogen-bond donors (Lipinski definition) is 1. The smallest absolute Gasteiger partial charge is 0.224 e.